The molecule has 1 heterocycles. The zero-order chi connectivity index (χ0) is 10.6. The van der Waals surface area contributed by atoms with Crippen LogP contribution in [0.4, 0.5) is 0 Å². The third kappa shape index (κ3) is 2.91. The van der Waals surface area contributed by atoms with Crippen molar-refractivity contribution in [2.45, 2.75) is 0 Å². The SMILES string of the molecule is N/C=C(\NN)SC(=O)c1ccc(Cl)s1. The van der Waals surface area contributed by atoms with Crippen molar-refractivity contribution in [3.05, 3.63) is 32.6 Å². The molecule has 0 aliphatic heterocycles. The lowest BCUT2D eigenvalue weighted by Gasteiger charge is -2.01. The van der Waals surface area contributed by atoms with Crippen molar-refractivity contribution in [2.24, 2.45) is 11.6 Å². The molecule has 5 N–H and O–H groups in total. The molecule has 0 fully saturated rings. The van der Waals surface area contributed by atoms with Crippen molar-refractivity contribution in [1.29, 1.82) is 0 Å². The smallest absolute Gasteiger partial charge is 0.235 e. The van der Waals surface area contributed by atoms with E-state index in [1.807, 2.05) is 0 Å². The monoisotopic (exact) mass is 249 g/mol. The fourth-order valence-electron chi connectivity index (χ4n) is 0.686. The van der Waals surface area contributed by atoms with E-state index in [1.165, 1.54) is 17.5 Å². The highest BCUT2D eigenvalue weighted by Gasteiger charge is 2.11. The predicted octanol–water partition coefficient (Wildman–Crippen LogP) is 1.50. The van der Waals surface area contributed by atoms with E-state index < -0.39 is 0 Å². The van der Waals surface area contributed by atoms with Crippen LogP contribution in [0.3, 0.4) is 0 Å². The molecular formula is C7H8ClN3OS2. The number of thiophene rings is 1. The zero-order valence-corrected chi connectivity index (χ0v) is 9.38. The van der Waals surface area contributed by atoms with E-state index in [9.17, 15) is 4.79 Å². The molecule has 4 nitrogen and oxygen atoms in total. The van der Waals surface area contributed by atoms with Gasteiger partial charge in [0, 0.05) is 6.20 Å². The van der Waals surface area contributed by atoms with Crippen molar-refractivity contribution in [3.8, 4) is 0 Å². The first-order chi connectivity index (χ1) is 6.67. The molecule has 0 saturated carbocycles. The maximum Gasteiger partial charge on any atom is 0.235 e. The van der Waals surface area contributed by atoms with Crippen molar-refractivity contribution in [3.63, 3.8) is 0 Å². The number of nitrogens with two attached hydrogens (primary N) is 2. The molecule has 0 radical (unpaired) electrons. The molecule has 0 aliphatic rings. The normalized spacial score (nSPS) is 11.4. The van der Waals surface area contributed by atoms with E-state index in [-0.39, 0.29) is 5.12 Å². The van der Waals surface area contributed by atoms with Gasteiger partial charge in [0.1, 0.15) is 5.03 Å². The summed E-state index contributed by atoms with van der Waals surface area (Å²) in [4.78, 5) is 12.1. The first-order valence-corrected chi connectivity index (χ1v) is 5.54. The molecule has 0 amide bonds. The van der Waals surface area contributed by atoms with Crippen molar-refractivity contribution in [2.75, 3.05) is 0 Å². The van der Waals surface area contributed by atoms with Gasteiger partial charge in [-0.1, -0.05) is 11.6 Å². The second-order valence-electron chi connectivity index (χ2n) is 2.17. The lowest BCUT2D eigenvalue weighted by molar-refractivity contribution is 0.109. The van der Waals surface area contributed by atoms with Crippen LogP contribution in [-0.2, 0) is 0 Å². The first-order valence-electron chi connectivity index (χ1n) is 3.53. The number of nitrogens with one attached hydrogen (secondary N) is 1. The van der Waals surface area contributed by atoms with E-state index in [4.69, 9.17) is 23.2 Å². The molecular weight excluding hydrogens is 242 g/mol. The van der Waals surface area contributed by atoms with Gasteiger partial charge in [0.15, 0.2) is 0 Å². The van der Waals surface area contributed by atoms with Gasteiger partial charge in [0.25, 0.3) is 0 Å². The molecule has 0 aliphatic carbocycles. The number of thioether (sulfide) groups is 1. The van der Waals surface area contributed by atoms with Gasteiger partial charge >= 0.3 is 0 Å². The molecule has 0 saturated heterocycles. The molecule has 0 aromatic carbocycles. The predicted molar refractivity (Wildman–Crippen MR) is 60.8 cm³/mol. The Hall–Kier alpha value is -0.690. The molecule has 1 rings (SSSR count). The molecule has 0 unspecified atom stereocenters. The minimum absolute atomic E-state index is 0.142. The van der Waals surface area contributed by atoms with Crippen LogP contribution < -0.4 is 17.0 Å². The molecule has 0 bridgehead atoms. The second kappa shape index (κ2) is 5.26. The average Bonchev–Trinajstić information content (AvgIpc) is 2.61. The largest absolute Gasteiger partial charge is 0.402 e. The number of hydrogen-bond donors (Lipinski definition) is 3. The van der Waals surface area contributed by atoms with E-state index in [0.29, 0.717) is 14.2 Å². The van der Waals surface area contributed by atoms with E-state index >= 15 is 0 Å². The number of carbonyl (C=O) groups is 1. The number of hydrogen-bond acceptors (Lipinski definition) is 6. The van der Waals surface area contributed by atoms with Crippen molar-refractivity contribution in [1.82, 2.24) is 5.43 Å². The molecule has 7 heteroatoms. The van der Waals surface area contributed by atoms with E-state index in [2.05, 4.69) is 5.43 Å². The fourth-order valence-corrected chi connectivity index (χ4v) is 2.31. The van der Waals surface area contributed by atoms with Crippen LogP contribution in [0, 0.1) is 0 Å². The van der Waals surface area contributed by atoms with Gasteiger partial charge in [0.05, 0.1) is 9.21 Å². The van der Waals surface area contributed by atoms with Crippen LogP contribution in [-0.4, -0.2) is 5.12 Å². The standard InChI is InChI=1S/C7H8ClN3OS2/c8-5-2-1-4(13-5)7(12)14-6(3-9)11-10/h1-3,11H,9-10H2/b6-3+. The molecule has 0 spiro atoms. The Kier molecular flexibility index (Phi) is 4.27. The minimum Gasteiger partial charge on any atom is -0.402 e. The molecule has 1 aromatic rings. The summed E-state index contributed by atoms with van der Waals surface area (Å²) in [6.07, 6.45) is 1.23. The van der Waals surface area contributed by atoms with Crippen LogP contribution in [0.15, 0.2) is 23.4 Å². The third-order valence-electron chi connectivity index (χ3n) is 1.27. The summed E-state index contributed by atoms with van der Waals surface area (Å²) in [7, 11) is 0. The summed E-state index contributed by atoms with van der Waals surface area (Å²) >= 11 is 7.83. The number of rotatable bonds is 3. The summed E-state index contributed by atoms with van der Waals surface area (Å²) in [5, 5.41) is 0.260. The van der Waals surface area contributed by atoms with Gasteiger partial charge in [-0.3, -0.25) is 4.79 Å². The summed E-state index contributed by atoms with van der Waals surface area (Å²) in [6.45, 7) is 0. The summed E-state index contributed by atoms with van der Waals surface area (Å²) < 4.78 is 0.577. The van der Waals surface area contributed by atoms with E-state index in [1.54, 1.807) is 12.1 Å². The second-order valence-corrected chi connectivity index (χ2v) is 4.90. The maximum atomic E-state index is 11.5. The topological polar surface area (TPSA) is 81.1 Å². The Morgan fingerprint density at radius 2 is 2.36 bits per heavy atom. The van der Waals surface area contributed by atoms with Crippen LogP contribution in [0.1, 0.15) is 9.67 Å². The molecule has 1 aromatic heterocycles. The van der Waals surface area contributed by atoms with Crippen LogP contribution in [0.5, 0.6) is 0 Å². The van der Waals surface area contributed by atoms with Crippen molar-refractivity contribution >= 4 is 39.8 Å². The summed E-state index contributed by atoms with van der Waals surface area (Å²) in [5.74, 6) is 5.12. The zero-order valence-electron chi connectivity index (χ0n) is 6.99. The number of hydrazine groups is 1. The highest BCUT2D eigenvalue weighted by molar-refractivity contribution is 8.17. The molecule has 76 valence electrons. The van der Waals surface area contributed by atoms with Crippen molar-refractivity contribution < 1.29 is 4.79 Å². The molecule has 0 atom stereocenters. The molecule has 14 heavy (non-hydrogen) atoms. The Morgan fingerprint density at radius 3 is 2.79 bits per heavy atom. The first kappa shape index (κ1) is 11.4. The Morgan fingerprint density at radius 1 is 1.64 bits per heavy atom. The van der Waals surface area contributed by atoms with Crippen LogP contribution in [0.25, 0.3) is 0 Å². The number of halogens is 1. The lowest BCUT2D eigenvalue weighted by atomic mass is 10.5. The fraction of sp³-hybridized carbons (Fsp3) is 0. The minimum atomic E-state index is -0.142. The lowest BCUT2D eigenvalue weighted by Crippen LogP contribution is -2.21. The number of carbonyl (C=O) groups excluding carboxylic acids is 1. The average molecular weight is 250 g/mol. The summed E-state index contributed by atoms with van der Waals surface area (Å²) in [5.41, 5.74) is 7.52. The Balaban J connectivity index is 2.68. The van der Waals surface area contributed by atoms with Gasteiger partial charge in [-0.15, -0.1) is 11.3 Å². The Bertz CT molecular complexity index is 364. The van der Waals surface area contributed by atoms with Gasteiger partial charge in [0.2, 0.25) is 5.12 Å². The van der Waals surface area contributed by atoms with Gasteiger partial charge in [-0.05, 0) is 23.9 Å². The van der Waals surface area contributed by atoms with Crippen LogP contribution >= 0.6 is 34.7 Å². The van der Waals surface area contributed by atoms with Gasteiger partial charge in [-0.25, -0.2) is 5.84 Å². The van der Waals surface area contributed by atoms with Gasteiger partial charge < -0.3 is 11.2 Å². The van der Waals surface area contributed by atoms with Gasteiger partial charge in [-0.2, -0.15) is 0 Å². The van der Waals surface area contributed by atoms with E-state index in [0.717, 1.165) is 11.8 Å². The highest BCUT2D eigenvalue weighted by Crippen LogP contribution is 2.27. The van der Waals surface area contributed by atoms with Crippen LogP contribution in [0.2, 0.25) is 4.34 Å². The highest BCUT2D eigenvalue weighted by atomic mass is 35.5. The quantitative estimate of drug-likeness (QED) is 0.559. The Labute approximate surface area is 94.3 Å². The third-order valence-corrected chi connectivity index (χ3v) is 3.51. The maximum absolute atomic E-state index is 11.5. The summed E-state index contributed by atoms with van der Waals surface area (Å²) in [6, 6.07) is 3.33.